The maximum absolute atomic E-state index is 14.7. The molecular formula is C68H68F12NO4P. The lowest BCUT2D eigenvalue weighted by Crippen LogP contribution is -2.18. The fourth-order valence-electron chi connectivity index (χ4n) is 11.1. The van der Waals surface area contributed by atoms with Crippen molar-refractivity contribution in [3.05, 3.63) is 188 Å². The number of nitrogens with one attached hydrogen (secondary N) is 1. The maximum Gasteiger partial charge on any atom is 0.584 e. The quantitative estimate of drug-likeness (QED) is 0.0942. The third-order valence-corrected chi connectivity index (χ3v) is 16.2. The average Bonchev–Trinajstić information content (AvgIpc) is 1.35. The van der Waals surface area contributed by atoms with Gasteiger partial charge in [0, 0.05) is 35.3 Å². The van der Waals surface area contributed by atoms with Crippen LogP contribution in [0.2, 0.25) is 0 Å². The van der Waals surface area contributed by atoms with E-state index in [1.165, 1.54) is 33.4 Å². The van der Waals surface area contributed by atoms with Gasteiger partial charge >= 0.3 is 32.5 Å². The summed E-state index contributed by atoms with van der Waals surface area (Å²) in [5.41, 5.74) is 5.24. The lowest BCUT2D eigenvalue weighted by molar-refractivity contribution is -0.144. The van der Waals surface area contributed by atoms with Crippen LogP contribution in [-0.2, 0) is 42.4 Å². The molecule has 1 heterocycles. The minimum absolute atomic E-state index is 0.105. The van der Waals surface area contributed by atoms with E-state index in [1.54, 1.807) is 0 Å². The highest BCUT2D eigenvalue weighted by Gasteiger charge is 2.41. The van der Waals surface area contributed by atoms with Crippen molar-refractivity contribution in [2.45, 2.75) is 156 Å². The molecule has 0 atom stereocenters. The first kappa shape index (κ1) is 65.2. The van der Waals surface area contributed by atoms with Gasteiger partial charge in [-0.2, -0.15) is 52.7 Å². The molecule has 18 heteroatoms. The van der Waals surface area contributed by atoms with Crippen LogP contribution in [0.5, 0.6) is 11.5 Å². The predicted octanol–water partition coefficient (Wildman–Crippen LogP) is 22.7. The largest absolute Gasteiger partial charge is 0.584 e. The minimum Gasteiger partial charge on any atom is -0.394 e. The van der Waals surface area contributed by atoms with E-state index in [4.69, 9.17) is 9.05 Å². The van der Waals surface area contributed by atoms with E-state index in [-0.39, 0.29) is 35.8 Å². The Balaban J connectivity index is 0.000000263. The number of rotatable bonds is 12. The molecule has 0 bridgehead atoms. The van der Waals surface area contributed by atoms with E-state index in [1.807, 2.05) is 12.1 Å². The SMILES string of the molecule is CC(C)c1cc(C(C)C)c(-c2cc3ccccc3c3c2OP(=O)(O)Oc2c(-c4c(C(C)C)cc(C(C)C)cc4C(C)C)cc4ccccc4c2-3)c(C(C)C)c1.FC(F)(F)c1cc(CNCc2cc(C(F)(F)F)cc(C(F)(F)F)c2)cc(C(F)(F)F)c1. The molecule has 9 rings (SSSR count). The molecule has 5 nitrogen and oxygen atoms in total. The van der Waals surface area contributed by atoms with E-state index < -0.39 is 79.0 Å². The molecule has 2 N–H and O–H groups in total. The minimum atomic E-state index is -5.10. The second kappa shape index (κ2) is 24.4. The fourth-order valence-corrected chi connectivity index (χ4v) is 12.0. The Morgan fingerprint density at radius 1 is 0.395 bits per heavy atom. The maximum atomic E-state index is 14.7. The van der Waals surface area contributed by atoms with Gasteiger partial charge in [0.05, 0.1) is 22.3 Å². The van der Waals surface area contributed by atoms with Crippen molar-refractivity contribution in [3.8, 4) is 44.9 Å². The van der Waals surface area contributed by atoms with Crippen molar-refractivity contribution < 1.29 is 71.2 Å². The monoisotopic (exact) mass is 1220 g/mol. The number of fused-ring (bicyclic) bond motifs is 7. The van der Waals surface area contributed by atoms with Crippen LogP contribution in [0.1, 0.15) is 185 Å². The summed E-state index contributed by atoms with van der Waals surface area (Å²) in [4.78, 5) is 12.0. The van der Waals surface area contributed by atoms with Gasteiger partial charge in [-0.1, -0.05) is 156 Å². The summed E-state index contributed by atoms with van der Waals surface area (Å²) in [6.07, 6.45) is -20.4. The molecule has 0 aliphatic carbocycles. The lowest BCUT2D eigenvalue weighted by Gasteiger charge is -2.26. The Morgan fingerprint density at radius 2 is 0.674 bits per heavy atom. The molecule has 1 aliphatic heterocycles. The molecule has 0 aromatic heterocycles. The van der Waals surface area contributed by atoms with Gasteiger partial charge in [-0.05, 0) is 161 Å². The molecular weight excluding hydrogens is 1150 g/mol. The van der Waals surface area contributed by atoms with E-state index in [0.29, 0.717) is 47.6 Å². The predicted molar refractivity (Wildman–Crippen MR) is 317 cm³/mol. The van der Waals surface area contributed by atoms with Gasteiger partial charge < -0.3 is 14.4 Å². The van der Waals surface area contributed by atoms with Gasteiger partial charge in [-0.25, -0.2) is 4.57 Å². The van der Waals surface area contributed by atoms with Crippen molar-refractivity contribution in [1.82, 2.24) is 5.32 Å². The average molecular weight is 1220 g/mol. The van der Waals surface area contributed by atoms with Gasteiger partial charge in [0.1, 0.15) is 11.5 Å². The summed E-state index contributed by atoms with van der Waals surface area (Å²) in [5, 5.41) is 6.20. The number of alkyl halides is 12. The molecule has 0 unspecified atom stereocenters. The zero-order valence-corrected chi connectivity index (χ0v) is 50.5. The summed E-state index contributed by atoms with van der Waals surface area (Å²) in [7, 11) is -4.75. The molecule has 8 aromatic rings. The summed E-state index contributed by atoms with van der Waals surface area (Å²) in [6, 6.07) is 31.7. The van der Waals surface area contributed by atoms with Gasteiger partial charge in [0.15, 0.2) is 0 Å². The molecule has 86 heavy (non-hydrogen) atoms. The second-order valence-corrected chi connectivity index (χ2v) is 25.2. The molecule has 0 radical (unpaired) electrons. The summed E-state index contributed by atoms with van der Waals surface area (Å²) in [6.45, 7) is 25.4. The smallest absolute Gasteiger partial charge is 0.394 e. The topological polar surface area (TPSA) is 67.8 Å². The first-order chi connectivity index (χ1) is 39.9. The van der Waals surface area contributed by atoms with Crippen LogP contribution in [0.15, 0.2) is 121 Å². The van der Waals surface area contributed by atoms with Crippen LogP contribution in [0, 0.1) is 0 Å². The van der Waals surface area contributed by atoms with Crippen LogP contribution >= 0.6 is 7.82 Å². The molecule has 1 aliphatic rings. The standard InChI is InChI=1S/C50H57O4P.C18H11F12N/c1-27(2)35-23-39(29(5)6)45(40(24-35)30(7)8)43-21-33-17-13-15-19-37(33)47-48-38-20-16-14-18-34(38)22-44(50(48)54-55(51,52)53-49(43)47)46-41(31(9)10)25-36(28(3)4)26-42(46)32(11)12;19-15(20,21)11-1-9(2-12(5-11)16(22,23)24)7-31-8-10-3-13(17(25,26)27)6-14(4-10)18(28,29)30/h13-32H,1-12H3,(H,51,52);1-6,31H,7-8H2. The number of phosphoric ester groups is 1. The third-order valence-electron chi connectivity index (χ3n) is 15.4. The Hall–Kier alpha value is -6.81. The van der Waals surface area contributed by atoms with Crippen LogP contribution in [0.3, 0.4) is 0 Å². The molecule has 0 spiro atoms. The number of phosphoric acid groups is 1. The van der Waals surface area contributed by atoms with Crippen LogP contribution in [0.25, 0.3) is 54.9 Å². The van der Waals surface area contributed by atoms with Crippen LogP contribution in [0.4, 0.5) is 52.7 Å². The number of benzene rings is 8. The Kier molecular flexibility index (Phi) is 18.5. The van der Waals surface area contributed by atoms with Crippen molar-refractivity contribution in [2.75, 3.05) is 0 Å². The summed E-state index contributed by atoms with van der Waals surface area (Å²) >= 11 is 0. The Bertz CT molecular complexity index is 3520. The van der Waals surface area contributed by atoms with Crippen LogP contribution < -0.4 is 14.4 Å². The first-order valence-corrected chi connectivity index (χ1v) is 29.8. The van der Waals surface area contributed by atoms with E-state index >= 15 is 0 Å². The van der Waals surface area contributed by atoms with E-state index in [9.17, 15) is 62.1 Å². The molecule has 0 saturated carbocycles. The van der Waals surface area contributed by atoms with Crippen molar-refractivity contribution in [2.24, 2.45) is 0 Å². The highest BCUT2D eigenvalue weighted by molar-refractivity contribution is 7.48. The zero-order valence-electron chi connectivity index (χ0n) is 49.6. The Labute approximate surface area is 493 Å². The highest BCUT2D eigenvalue weighted by atomic mass is 31.2. The molecule has 0 amide bonds. The van der Waals surface area contributed by atoms with Gasteiger partial charge in [-0.15, -0.1) is 0 Å². The summed E-state index contributed by atoms with van der Waals surface area (Å²) < 4.78 is 182. The zero-order chi connectivity index (χ0) is 63.5. The molecule has 0 fully saturated rings. The van der Waals surface area contributed by atoms with Crippen molar-refractivity contribution in [1.29, 1.82) is 0 Å². The lowest BCUT2D eigenvalue weighted by atomic mass is 9.78. The van der Waals surface area contributed by atoms with Crippen molar-refractivity contribution >= 4 is 29.4 Å². The Morgan fingerprint density at radius 3 is 0.930 bits per heavy atom. The van der Waals surface area contributed by atoms with Gasteiger partial charge in [0.2, 0.25) is 0 Å². The first-order valence-electron chi connectivity index (χ1n) is 28.3. The second-order valence-electron chi connectivity index (χ2n) is 23.9. The molecule has 8 aromatic carbocycles. The highest BCUT2D eigenvalue weighted by Crippen LogP contribution is 2.63. The summed E-state index contributed by atoms with van der Waals surface area (Å²) in [5.74, 6) is 2.21. The normalized spacial score (nSPS) is 13.8. The third kappa shape index (κ3) is 14.0. The van der Waals surface area contributed by atoms with E-state index in [2.05, 4.69) is 161 Å². The van der Waals surface area contributed by atoms with Crippen LogP contribution in [-0.4, -0.2) is 4.89 Å². The number of hydrogen-bond donors (Lipinski definition) is 2. The van der Waals surface area contributed by atoms with E-state index in [0.717, 1.165) is 54.9 Å². The fraction of sp³-hybridized carbons (Fsp3) is 0.353. The van der Waals surface area contributed by atoms with Crippen molar-refractivity contribution in [3.63, 3.8) is 0 Å². The number of hydrogen-bond acceptors (Lipinski definition) is 4. The van der Waals surface area contributed by atoms with Gasteiger partial charge in [-0.3, -0.25) is 4.89 Å². The van der Waals surface area contributed by atoms with Gasteiger partial charge in [0.25, 0.3) is 0 Å². The molecule has 458 valence electrons. The number of halogens is 12. The molecule has 0 saturated heterocycles.